The minimum atomic E-state index is -2.82. The van der Waals surface area contributed by atoms with Crippen molar-refractivity contribution < 1.29 is 18.0 Å². The maximum Gasteiger partial charge on any atom is 0.387 e. The fraction of sp³-hybridized carbons (Fsp3) is 0.400. The van der Waals surface area contributed by atoms with Crippen LogP contribution in [0.5, 0.6) is 5.75 Å². The minimum absolute atomic E-state index is 0. The number of halogens is 3. The summed E-state index contributed by atoms with van der Waals surface area (Å²) in [6.45, 7) is -0.179. The van der Waals surface area contributed by atoms with E-state index in [-0.39, 0.29) is 29.7 Å². The standard InChI is InChI=1S/C15H19F2N5O2.HI/c1-10-20-13(24-21-10)8-19-15(18-2)22(3)9-11-4-6-12(7-5-11)23-14(16)17;/h4-7,14H,8-9H2,1-3H3,(H,18,19);1H. The molecule has 25 heavy (non-hydrogen) atoms. The Morgan fingerprint density at radius 3 is 2.56 bits per heavy atom. The summed E-state index contributed by atoms with van der Waals surface area (Å²) in [4.78, 5) is 10.2. The molecule has 0 unspecified atom stereocenters. The molecular formula is C15H20F2IN5O2. The molecule has 0 atom stereocenters. The molecule has 0 aliphatic rings. The predicted octanol–water partition coefficient (Wildman–Crippen LogP) is 2.80. The molecule has 7 nitrogen and oxygen atoms in total. The third kappa shape index (κ3) is 6.80. The van der Waals surface area contributed by atoms with E-state index in [2.05, 4.69) is 25.2 Å². The van der Waals surface area contributed by atoms with Crippen molar-refractivity contribution in [1.82, 2.24) is 20.4 Å². The summed E-state index contributed by atoms with van der Waals surface area (Å²) in [5.41, 5.74) is 0.927. The van der Waals surface area contributed by atoms with E-state index in [4.69, 9.17) is 4.52 Å². The lowest BCUT2D eigenvalue weighted by Gasteiger charge is -2.21. The zero-order valence-electron chi connectivity index (χ0n) is 14.1. The number of nitrogens with zero attached hydrogens (tertiary/aromatic N) is 4. The fourth-order valence-corrected chi connectivity index (χ4v) is 2.08. The van der Waals surface area contributed by atoms with Crippen LogP contribution in [0, 0.1) is 6.92 Å². The van der Waals surface area contributed by atoms with E-state index in [9.17, 15) is 8.78 Å². The van der Waals surface area contributed by atoms with Gasteiger partial charge in [0.05, 0.1) is 6.54 Å². The van der Waals surface area contributed by atoms with Crippen molar-refractivity contribution in [3.8, 4) is 5.75 Å². The summed E-state index contributed by atoms with van der Waals surface area (Å²) in [6.07, 6.45) is 0. The van der Waals surface area contributed by atoms with Crippen LogP contribution in [-0.4, -0.2) is 41.7 Å². The number of alkyl halides is 2. The monoisotopic (exact) mass is 467 g/mol. The molecule has 0 aliphatic carbocycles. The molecule has 0 amide bonds. The van der Waals surface area contributed by atoms with E-state index in [0.717, 1.165) is 5.56 Å². The van der Waals surface area contributed by atoms with E-state index >= 15 is 0 Å². The van der Waals surface area contributed by atoms with Crippen LogP contribution in [0.2, 0.25) is 0 Å². The van der Waals surface area contributed by atoms with Crippen LogP contribution in [0.3, 0.4) is 0 Å². The highest BCUT2D eigenvalue weighted by Gasteiger charge is 2.10. The number of hydrogen-bond acceptors (Lipinski definition) is 5. The predicted molar refractivity (Wildman–Crippen MR) is 99.2 cm³/mol. The highest BCUT2D eigenvalue weighted by atomic mass is 127. The zero-order chi connectivity index (χ0) is 17.5. The van der Waals surface area contributed by atoms with Gasteiger partial charge in [0.15, 0.2) is 11.8 Å². The van der Waals surface area contributed by atoms with E-state index in [1.54, 1.807) is 26.1 Å². The topological polar surface area (TPSA) is 75.8 Å². The molecule has 0 bridgehead atoms. The highest BCUT2D eigenvalue weighted by Crippen LogP contribution is 2.15. The maximum absolute atomic E-state index is 12.1. The van der Waals surface area contributed by atoms with Gasteiger partial charge in [-0.25, -0.2) is 0 Å². The molecule has 1 aromatic heterocycles. The SMILES string of the molecule is CN=C(NCc1nc(C)no1)N(C)Cc1ccc(OC(F)F)cc1.I. The summed E-state index contributed by atoms with van der Waals surface area (Å²) in [5.74, 6) is 1.81. The molecule has 2 aromatic rings. The molecule has 0 spiro atoms. The summed E-state index contributed by atoms with van der Waals surface area (Å²) in [5, 5.41) is 6.83. The molecule has 1 N–H and O–H groups in total. The van der Waals surface area contributed by atoms with Crippen LogP contribution in [0.15, 0.2) is 33.8 Å². The largest absolute Gasteiger partial charge is 0.435 e. The van der Waals surface area contributed by atoms with Gasteiger partial charge in [0.2, 0.25) is 5.89 Å². The molecule has 138 valence electrons. The lowest BCUT2D eigenvalue weighted by molar-refractivity contribution is -0.0498. The zero-order valence-corrected chi connectivity index (χ0v) is 16.4. The number of nitrogens with one attached hydrogen (secondary N) is 1. The van der Waals surface area contributed by atoms with Gasteiger partial charge >= 0.3 is 6.61 Å². The van der Waals surface area contributed by atoms with Gasteiger partial charge in [-0.1, -0.05) is 17.3 Å². The molecule has 0 aliphatic heterocycles. The first-order valence-corrected chi connectivity index (χ1v) is 7.22. The Bertz CT molecular complexity index is 679. The first-order chi connectivity index (χ1) is 11.5. The van der Waals surface area contributed by atoms with Crippen molar-refractivity contribution in [2.45, 2.75) is 26.6 Å². The lowest BCUT2D eigenvalue weighted by atomic mass is 10.2. The molecular weight excluding hydrogens is 447 g/mol. The molecule has 1 heterocycles. The number of ether oxygens (including phenoxy) is 1. The molecule has 0 fully saturated rings. The van der Waals surface area contributed by atoms with Gasteiger partial charge in [-0.3, -0.25) is 4.99 Å². The number of benzene rings is 1. The van der Waals surface area contributed by atoms with Crippen molar-refractivity contribution in [2.75, 3.05) is 14.1 Å². The van der Waals surface area contributed by atoms with Crippen LogP contribution >= 0.6 is 24.0 Å². The summed E-state index contributed by atoms with van der Waals surface area (Å²) >= 11 is 0. The van der Waals surface area contributed by atoms with Crippen LogP contribution in [-0.2, 0) is 13.1 Å². The lowest BCUT2D eigenvalue weighted by Crippen LogP contribution is -2.38. The third-order valence-corrected chi connectivity index (χ3v) is 3.11. The quantitative estimate of drug-likeness (QED) is 0.400. The first kappa shape index (κ1) is 21.1. The van der Waals surface area contributed by atoms with Crippen molar-refractivity contribution in [2.24, 2.45) is 4.99 Å². The van der Waals surface area contributed by atoms with E-state index in [1.165, 1.54) is 12.1 Å². The van der Waals surface area contributed by atoms with Gasteiger partial charge in [0, 0.05) is 20.6 Å². The first-order valence-electron chi connectivity index (χ1n) is 7.22. The molecule has 10 heteroatoms. The highest BCUT2D eigenvalue weighted by molar-refractivity contribution is 14.0. The van der Waals surface area contributed by atoms with Crippen molar-refractivity contribution in [3.05, 3.63) is 41.5 Å². The summed E-state index contributed by atoms with van der Waals surface area (Å²) in [6, 6.07) is 6.46. The normalized spacial score (nSPS) is 11.2. The molecule has 1 aromatic carbocycles. The van der Waals surface area contributed by atoms with Gasteiger partial charge in [0.25, 0.3) is 0 Å². The second-order valence-electron chi connectivity index (χ2n) is 5.01. The number of rotatable bonds is 6. The minimum Gasteiger partial charge on any atom is -0.435 e. The number of aliphatic imine (C=N–C) groups is 1. The number of hydrogen-bond donors (Lipinski definition) is 1. The third-order valence-electron chi connectivity index (χ3n) is 3.11. The smallest absolute Gasteiger partial charge is 0.387 e. The molecule has 0 radical (unpaired) electrons. The van der Waals surface area contributed by atoms with Gasteiger partial charge in [-0.2, -0.15) is 13.8 Å². The van der Waals surface area contributed by atoms with Crippen molar-refractivity contribution >= 4 is 29.9 Å². The fourth-order valence-electron chi connectivity index (χ4n) is 2.08. The average molecular weight is 467 g/mol. The Morgan fingerprint density at radius 1 is 1.36 bits per heavy atom. The van der Waals surface area contributed by atoms with Gasteiger partial charge in [0.1, 0.15) is 5.75 Å². The second kappa shape index (κ2) is 10.1. The Morgan fingerprint density at radius 2 is 2.04 bits per heavy atom. The molecule has 0 saturated carbocycles. The van der Waals surface area contributed by atoms with Crippen LogP contribution in [0.25, 0.3) is 0 Å². The van der Waals surface area contributed by atoms with E-state index < -0.39 is 6.61 Å². The number of guanidine groups is 1. The Labute approximate surface area is 161 Å². The van der Waals surface area contributed by atoms with Gasteiger partial charge in [-0.05, 0) is 24.6 Å². The Hall–Kier alpha value is -1.98. The second-order valence-corrected chi connectivity index (χ2v) is 5.01. The Kier molecular flexibility index (Phi) is 8.52. The van der Waals surface area contributed by atoms with Crippen LogP contribution < -0.4 is 10.1 Å². The summed E-state index contributed by atoms with van der Waals surface area (Å²) in [7, 11) is 3.52. The van der Waals surface area contributed by atoms with Gasteiger partial charge in [-0.15, -0.1) is 24.0 Å². The molecule has 2 rings (SSSR count). The van der Waals surface area contributed by atoms with Crippen LogP contribution in [0.1, 0.15) is 17.3 Å². The Balaban J connectivity index is 0.00000312. The van der Waals surface area contributed by atoms with Crippen molar-refractivity contribution in [1.29, 1.82) is 0 Å². The number of aromatic nitrogens is 2. The average Bonchev–Trinajstić information content (AvgIpc) is 2.95. The van der Waals surface area contributed by atoms with E-state index in [0.29, 0.717) is 30.8 Å². The van der Waals surface area contributed by atoms with E-state index in [1.807, 2.05) is 11.9 Å². The number of aryl methyl sites for hydroxylation is 1. The van der Waals surface area contributed by atoms with Crippen LogP contribution in [0.4, 0.5) is 8.78 Å². The van der Waals surface area contributed by atoms with Crippen molar-refractivity contribution in [3.63, 3.8) is 0 Å². The summed E-state index contributed by atoms with van der Waals surface area (Å²) < 4.78 is 33.6. The van der Waals surface area contributed by atoms with Gasteiger partial charge < -0.3 is 19.5 Å². The molecule has 0 saturated heterocycles. The maximum atomic E-state index is 12.1.